The molecular formula is C10H18N2O4S. The van der Waals surface area contributed by atoms with Crippen molar-refractivity contribution in [1.82, 2.24) is 5.32 Å². The van der Waals surface area contributed by atoms with Gasteiger partial charge in [0.05, 0.1) is 18.1 Å². The second-order valence-corrected chi connectivity index (χ2v) is 7.16. The molecule has 2 heterocycles. The van der Waals surface area contributed by atoms with E-state index in [-0.39, 0.29) is 30.1 Å². The first-order valence-electron chi connectivity index (χ1n) is 5.79. The van der Waals surface area contributed by atoms with E-state index in [4.69, 9.17) is 10.5 Å². The second kappa shape index (κ2) is 4.55. The van der Waals surface area contributed by atoms with Gasteiger partial charge in [-0.25, -0.2) is 8.42 Å². The summed E-state index contributed by atoms with van der Waals surface area (Å²) in [5.41, 5.74) is 4.98. The van der Waals surface area contributed by atoms with Gasteiger partial charge >= 0.3 is 0 Å². The lowest BCUT2D eigenvalue weighted by molar-refractivity contribution is -0.127. The third-order valence-electron chi connectivity index (χ3n) is 3.39. The molecule has 6 nitrogen and oxygen atoms in total. The minimum atomic E-state index is -2.89. The Balaban J connectivity index is 1.88. The Kier molecular flexibility index (Phi) is 3.42. The quantitative estimate of drug-likeness (QED) is 0.651. The number of hydrogen-bond donors (Lipinski definition) is 2. The van der Waals surface area contributed by atoms with Crippen LogP contribution in [0, 0.1) is 0 Å². The van der Waals surface area contributed by atoms with Crippen LogP contribution in [0.2, 0.25) is 0 Å². The number of ether oxygens (including phenoxy) is 1. The maximum Gasteiger partial charge on any atom is 0.242 e. The van der Waals surface area contributed by atoms with Crippen LogP contribution in [0.15, 0.2) is 0 Å². The highest BCUT2D eigenvalue weighted by atomic mass is 32.2. The van der Waals surface area contributed by atoms with Gasteiger partial charge in [-0.2, -0.15) is 0 Å². The van der Waals surface area contributed by atoms with E-state index < -0.39 is 15.4 Å². The Hall–Kier alpha value is -0.660. The predicted molar refractivity (Wildman–Crippen MR) is 62.2 cm³/mol. The van der Waals surface area contributed by atoms with Gasteiger partial charge in [-0.15, -0.1) is 0 Å². The first-order valence-corrected chi connectivity index (χ1v) is 7.61. The molecule has 0 aromatic carbocycles. The van der Waals surface area contributed by atoms with E-state index in [9.17, 15) is 13.2 Å². The molecule has 2 fully saturated rings. The maximum atomic E-state index is 11.9. The number of nitrogens with two attached hydrogens (primary N) is 1. The van der Waals surface area contributed by atoms with E-state index in [1.54, 1.807) is 0 Å². The molecule has 7 heteroatoms. The Bertz CT molecular complexity index is 387. The van der Waals surface area contributed by atoms with Crippen molar-refractivity contribution in [2.24, 2.45) is 5.73 Å². The molecule has 0 radical (unpaired) electrons. The van der Waals surface area contributed by atoms with Crippen LogP contribution >= 0.6 is 0 Å². The number of rotatable bonds is 2. The monoisotopic (exact) mass is 262 g/mol. The summed E-state index contributed by atoms with van der Waals surface area (Å²) in [5.74, 6) is 0.0668. The van der Waals surface area contributed by atoms with Crippen molar-refractivity contribution >= 4 is 15.7 Å². The van der Waals surface area contributed by atoms with Crippen molar-refractivity contribution in [2.45, 2.75) is 30.8 Å². The van der Waals surface area contributed by atoms with E-state index in [1.807, 2.05) is 0 Å². The molecule has 0 spiro atoms. The summed E-state index contributed by atoms with van der Waals surface area (Å²) in [5, 5.41) is 2.83. The van der Waals surface area contributed by atoms with Gasteiger partial charge in [-0.05, 0) is 19.3 Å². The van der Waals surface area contributed by atoms with Gasteiger partial charge in [0, 0.05) is 12.6 Å². The van der Waals surface area contributed by atoms with Crippen LogP contribution in [0.3, 0.4) is 0 Å². The number of amides is 1. The lowest BCUT2D eigenvalue weighted by Crippen LogP contribution is -2.57. The van der Waals surface area contributed by atoms with Crippen LogP contribution < -0.4 is 11.1 Å². The molecule has 0 bridgehead atoms. The third kappa shape index (κ3) is 2.97. The van der Waals surface area contributed by atoms with E-state index in [0.717, 1.165) is 0 Å². The van der Waals surface area contributed by atoms with Gasteiger partial charge in [0.2, 0.25) is 5.91 Å². The van der Waals surface area contributed by atoms with Gasteiger partial charge in [-0.3, -0.25) is 4.79 Å². The summed E-state index contributed by atoms with van der Waals surface area (Å²) in [7, 11) is -2.89. The molecule has 0 saturated carbocycles. The van der Waals surface area contributed by atoms with Crippen LogP contribution in [0.4, 0.5) is 0 Å². The molecule has 0 aliphatic carbocycles. The zero-order chi connectivity index (χ0) is 12.5. The summed E-state index contributed by atoms with van der Waals surface area (Å²) in [6.45, 7) is 0.743. The SMILES string of the molecule is NC1(C(=O)NC2CCS(=O)(=O)CC2)CCOC1. The minimum Gasteiger partial charge on any atom is -0.379 e. The van der Waals surface area contributed by atoms with Crippen LogP contribution in [-0.2, 0) is 19.4 Å². The van der Waals surface area contributed by atoms with Gasteiger partial charge in [-0.1, -0.05) is 0 Å². The minimum absolute atomic E-state index is 0.0768. The van der Waals surface area contributed by atoms with E-state index in [2.05, 4.69) is 5.32 Å². The molecule has 1 atom stereocenters. The molecule has 2 aliphatic heterocycles. The molecule has 2 aliphatic rings. The zero-order valence-corrected chi connectivity index (χ0v) is 10.5. The van der Waals surface area contributed by atoms with Crippen LogP contribution in [-0.4, -0.2) is 50.6 Å². The average Bonchev–Trinajstić information content (AvgIpc) is 2.70. The Morgan fingerprint density at radius 3 is 2.53 bits per heavy atom. The topological polar surface area (TPSA) is 98.5 Å². The fourth-order valence-electron chi connectivity index (χ4n) is 2.12. The predicted octanol–water partition coefficient (Wildman–Crippen LogP) is -1.20. The molecular weight excluding hydrogens is 244 g/mol. The van der Waals surface area contributed by atoms with Gasteiger partial charge < -0.3 is 15.8 Å². The molecule has 0 aromatic rings. The van der Waals surface area contributed by atoms with Crippen molar-refractivity contribution < 1.29 is 17.9 Å². The molecule has 2 rings (SSSR count). The van der Waals surface area contributed by atoms with Crippen molar-refractivity contribution in [2.75, 3.05) is 24.7 Å². The Labute approximate surface area is 101 Å². The number of hydrogen-bond acceptors (Lipinski definition) is 5. The number of carbonyl (C=O) groups is 1. The molecule has 17 heavy (non-hydrogen) atoms. The largest absolute Gasteiger partial charge is 0.379 e. The molecule has 1 amide bonds. The van der Waals surface area contributed by atoms with Gasteiger partial charge in [0.15, 0.2) is 0 Å². The van der Waals surface area contributed by atoms with Crippen molar-refractivity contribution in [3.63, 3.8) is 0 Å². The summed E-state index contributed by atoms with van der Waals surface area (Å²) >= 11 is 0. The number of sulfone groups is 1. The van der Waals surface area contributed by atoms with E-state index in [1.165, 1.54) is 0 Å². The second-order valence-electron chi connectivity index (χ2n) is 4.86. The van der Waals surface area contributed by atoms with Crippen molar-refractivity contribution in [3.05, 3.63) is 0 Å². The maximum absolute atomic E-state index is 11.9. The van der Waals surface area contributed by atoms with E-state index in [0.29, 0.717) is 25.9 Å². The van der Waals surface area contributed by atoms with Gasteiger partial charge in [0.1, 0.15) is 15.4 Å². The molecule has 3 N–H and O–H groups in total. The normalized spacial score (nSPS) is 33.5. The summed E-state index contributed by atoms with van der Waals surface area (Å²) in [6, 6.07) is -0.0768. The zero-order valence-electron chi connectivity index (χ0n) is 9.65. The van der Waals surface area contributed by atoms with Crippen molar-refractivity contribution in [3.8, 4) is 0 Å². The first-order chi connectivity index (χ1) is 7.91. The first kappa shape index (κ1) is 12.8. The lowest BCUT2D eigenvalue weighted by Gasteiger charge is -2.27. The average molecular weight is 262 g/mol. The lowest BCUT2D eigenvalue weighted by atomic mass is 9.98. The summed E-state index contributed by atoms with van der Waals surface area (Å²) in [4.78, 5) is 11.9. The Morgan fingerprint density at radius 2 is 2.00 bits per heavy atom. The number of carbonyl (C=O) groups excluding carboxylic acids is 1. The molecule has 98 valence electrons. The fourth-order valence-corrected chi connectivity index (χ4v) is 3.61. The standard InChI is InChI=1S/C10H18N2O4S/c11-10(3-4-16-7-10)9(13)12-8-1-5-17(14,15)6-2-8/h8H,1-7,11H2,(H,12,13). The van der Waals surface area contributed by atoms with E-state index >= 15 is 0 Å². The smallest absolute Gasteiger partial charge is 0.242 e. The van der Waals surface area contributed by atoms with Crippen LogP contribution in [0.25, 0.3) is 0 Å². The van der Waals surface area contributed by atoms with Crippen LogP contribution in [0.1, 0.15) is 19.3 Å². The summed E-state index contributed by atoms with van der Waals surface area (Å²) < 4.78 is 27.6. The summed E-state index contributed by atoms with van der Waals surface area (Å²) in [6.07, 6.45) is 1.47. The highest BCUT2D eigenvalue weighted by molar-refractivity contribution is 7.91. The third-order valence-corrected chi connectivity index (χ3v) is 5.11. The molecule has 1 unspecified atom stereocenters. The Morgan fingerprint density at radius 1 is 1.35 bits per heavy atom. The van der Waals surface area contributed by atoms with Gasteiger partial charge in [0.25, 0.3) is 0 Å². The molecule has 2 saturated heterocycles. The fraction of sp³-hybridized carbons (Fsp3) is 0.900. The molecule has 0 aromatic heterocycles. The number of nitrogens with one attached hydrogen (secondary N) is 1. The van der Waals surface area contributed by atoms with Crippen molar-refractivity contribution in [1.29, 1.82) is 0 Å². The van der Waals surface area contributed by atoms with Crippen LogP contribution in [0.5, 0.6) is 0 Å². The highest BCUT2D eigenvalue weighted by Crippen LogP contribution is 2.18. The highest BCUT2D eigenvalue weighted by Gasteiger charge is 2.39.